The summed E-state index contributed by atoms with van der Waals surface area (Å²) in [6, 6.07) is 14.3. The first-order chi connectivity index (χ1) is 13.7. The van der Waals surface area contributed by atoms with Crippen molar-refractivity contribution >= 4 is 29.9 Å². The van der Waals surface area contributed by atoms with Crippen molar-refractivity contribution in [1.82, 2.24) is 10.6 Å². The van der Waals surface area contributed by atoms with Gasteiger partial charge in [-0.15, -0.1) is 24.0 Å². The van der Waals surface area contributed by atoms with Crippen molar-refractivity contribution in [1.29, 1.82) is 0 Å². The fourth-order valence-corrected chi connectivity index (χ4v) is 3.03. The maximum Gasteiger partial charge on any atom is 0.191 e. The van der Waals surface area contributed by atoms with Crippen LogP contribution in [0, 0.1) is 6.92 Å². The molecular weight excluding hydrogens is 481 g/mol. The van der Waals surface area contributed by atoms with Crippen LogP contribution in [0.5, 0.6) is 11.5 Å². The van der Waals surface area contributed by atoms with Crippen LogP contribution < -0.4 is 20.1 Å². The minimum atomic E-state index is 0. The molecule has 0 spiro atoms. The number of aliphatic imine (C=N–C) groups is 1. The zero-order valence-electron chi connectivity index (χ0n) is 17.2. The number of rotatable bonds is 7. The summed E-state index contributed by atoms with van der Waals surface area (Å²) >= 11 is 0. The molecule has 1 aliphatic heterocycles. The van der Waals surface area contributed by atoms with Crippen molar-refractivity contribution in [2.75, 3.05) is 27.4 Å². The third kappa shape index (κ3) is 7.08. The van der Waals surface area contributed by atoms with Crippen LogP contribution in [0.1, 0.15) is 23.1 Å². The number of hydrogen-bond acceptors (Lipinski definition) is 4. The maximum absolute atomic E-state index is 6.17. The van der Waals surface area contributed by atoms with Gasteiger partial charge in [0.25, 0.3) is 0 Å². The first kappa shape index (κ1) is 23.3. The Hall–Kier alpha value is -2.00. The topological polar surface area (TPSA) is 64.1 Å². The highest BCUT2D eigenvalue weighted by Gasteiger charge is 2.18. The van der Waals surface area contributed by atoms with E-state index in [9.17, 15) is 0 Å². The zero-order valence-corrected chi connectivity index (χ0v) is 19.6. The van der Waals surface area contributed by atoms with Gasteiger partial charge >= 0.3 is 0 Å². The Bertz CT molecular complexity index is 790. The van der Waals surface area contributed by atoms with Crippen LogP contribution in [0.4, 0.5) is 0 Å². The number of benzene rings is 2. The van der Waals surface area contributed by atoms with E-state index < -0.39 is 0 Å². The number of methoxy groups -OCH3 is 1. The van der Waals surface area contributed by atoms with Gasteiger partial charge in [-0.3, -0.25) is 4.99 Å². The van der Waals surface area contributed by atoms with Gasteiger partial charge in [-0.25, -0.2) is 0 Å². The molecule has 0 bridgehead atoms. The highest BCUT2D eigenvalue weighted by molar-refractivity contribution is 14.0. The molecule has 3 rings (SSSR count). The molecule has 1 heterocycles. The Morgan fingerprint density at radius 2 is 1.90 bits per heavy atom. The van der Waals surface area contributed by atoms with Crippen LogP contribution in [0.25, 0.3) is 0 Å². The lowest BCUT2D eigenvalue weighted by Crippen LogP contribution is -2.36. The Morgan fingerprint density at radius 3 is 2.55 bits per heavy atom. The van der Waals surface area contributed by atoms with E-state index in [4.69, 9.17) is 14.2 Å². The van der Waals surface area contributed by atoms with E-state index >= 15 is 0 Å². The smallest absolute Gasteiger partial charge is 0.191 e. The lowest BCUT2D eigenvalue weighted by atomic mass is 10.1. The molecule has 29 heavy (non-hydrogen) atoms. The van der Waals surface area contributed by atoms with Crippen molar-refractivity contribution in [3.05, 3.63) is 59.2 Å². The van der Waals surface area contributed by atoms with Crippen LogP contribution in [0.2, 0.25) is 0 Å². The van der Waals surface area contributed by atoms with E-state index in [0.717, 1.165) is 41.6 Å². The summed E-state index contributed by atoms with van der Waals surface area (Å²) in [6.07, 6.45) is 1.07. The third-order valence-electron chi connectivity index (χ3n) is 4.69. The lowest BCUT2D eigenvalue weighted by Gasteiger charge is -2.18. The quantitative estimate of drug-likeness (QED) is 0.338. The van der Waals surface area contributed by atoms with Gasteiger partial charge in [0.2, 0.25) is 0 Å². The Balaban J connectivity index is 0.00000300. The van der Waals surface area contributed by atoms with Crippen LogP contribution in [-0.4, -0.2) is 39.4 Å². The maximum atomic E-state index is 6.17. The fraction of sp³-hybridized carbons (Fsp3) is 0.409. The predicted octanol–water partition coefficient (Wildman–Crippen LogP) is 3.65. The molecule has 1 fully saturated rings. The summed E-state index contributed by atoms with van der Waals surface area (Å²) in [6.45, 7) is 4.81. The number of guanidine groups is 1. The molecule has 1 saturated heterocycles. The fourth-order valence-electron chi connectivity index (χ4n) is 3.03. The zero-order chi connectivity index (χ0) is 19.8. The molecule has 0 saturated carbocycles. The normalized spacial score (nSPS) is 16.1. The van der Waals surface area contributed by atoms with Gasteiger partial charge in [0.15, 0.2) is 5.96 Å². The van der Waals surface area contributed by atoms with Crippen LogP contribution in [0.15, 0.2) is 47.5 Å². The minimum Gasteiger partial charge on any atom is -0.497 e. The number of hydrogen-bond donors (Lipinski definition) is 2. The van der Waals surface area contributed by atoms with Gasteiger partial charge in [0.05, 0.1) is 20.3 Å². The third-order valence-corrected chi connectivity index (χ3v) is 4.69. The van der Waals surface area contributed by atoms with E-state index in [1.807, 2.05) is 24.3 Å². The summed E-state index contributed by atoms with van der Waals surface area (Å²) in [4.78, 5) is 4.31. The Kier molecular flexibility index (Phi) is 9.53. The molecule has 0 aliphatic carbocycles. The molecule has 2 N–H and O–H groups in total. The van der Waals surface area contributed by atoms with Gasteiger partial charge in [-0.2, -0.15) is 0 Å². The van der Waals surface area contributed by atoms with Gasteiger partial charge in [-0.1, -0.05) is 24.3 Å². The van der Waals surface area contributed by atoms with E-state index in [1.165, 1.54) is 5.56 Å². The van der Waals surface area contributed by atoms with Gasteiger partial charge < -0.3 is 24.8 Å². The summed E-state index contributed by atoms with van der Waals surface area (Å²) in [7, 11) is 3.44. The monoisotopic (exact) mass is 511 g/mol. The molecule has 158 valence electrons. The molecular formula is C22H30IN3O3. The second kappa shape index (κ2) is 11.9. The number of aryl methyl sites for hydroxylation is 1. The van der Waals surface area contributed by atoms with E-state index in [0.29, 0.717) is 19.7 Å². The second-order valence-electron chi connectivity index (χ2n) is 6.84. The van der Waals surface area contributed by atoms with Crippen molar-refractivity contribution in [3.8, 4) is 11.5 Å². The Morgan fingerprint density at radius 1 is 1.14 bits per heavy atom. The molecule has 2 aromatic rings. The largest absolute Gasteiger partial charge is 0.497 e. The molecule has 1 unspecified atom stereocenters. The first-order valence-electron chi connectivity index (χ1n) is 9.59. The highest BCUT2D eigenvalue weighted by Crippen LogP contribution is 2.23. The van der Waals surface area contributed by atoms with Gasteiger partial charge in [0, 0.05) is 32.1 Å². The molecule has 0 radical (unpaired) electrons. The van der Waals surface area contributed by atoms with Crippen molar-refractivity contribution in [3.63, 3.8) is 0 Å². The summed E-state index contributed by atoms with van der Waals surface area (Å²) in [5.74, 6) is 2.51. The summed E-state index contributed by atoms with van der Waals surface area (Å²) in [5, 5.41) is 6.70. The summed E-state index contributed by atoms with van der Waals surface area (Å²) in [5.41, 5.74) is 3.44. The SMILES string of the molecule is CN=C(NCc1ccc(OC)cc1)NCc1ccc(C)cc1OC1CCOC1.I. The molecule has 0 amide bonds. The standard InChI is InChI=1S/C22H29N3O3.HI/c1-16-4-7-18(21(12-16)28-20-10-11-27-15-20)14-25-22(23-2)24-13-17-5-8-19(26-3)9-6-17;/h4-9,12,20H,10-11,13-15H2,1-3H3,(H2,23,24,25);1H. The highest BCUT2D eigenvalue weighted by atomic mass is 127. The lowest BCUT2D eigenvalue weighted by molar-refractivity contribution is 0.140. The predicted molar refractivity (Wildman–Crippen MR) is 126 cm³/mol. The molecule has 7 heteroatoms. The number of nitrogens with one attached hydrogen (secondary N) is 2. The Labute approximate surface area is 190 Å². The average Bonchev–Trinajstić information content (AvgIpc) is 3.23. The van der Waals surface area contributed by atoms with Crippen molar-refractivity contribution < 1.29 is 14.2 Å². The van der Waals surface area contributed by atoms with Crippen LogP contribution in [-0.2, 0) is 17.8 Å². The molecule has 1 atom stereocenters. The number of ether oxygens (including phenoxy) is 3. The summed E-state index contributed by atoms with van der Waals surface area (Å²) < 4.78 is 16.8. The van der Waals surface area contributed by atoms with Crippen LogP contribution >= 0.6 is 24.0 Å². The minimum absolute atomic E-state index is 0. The molecule has 0 aromatic heterocycles. The number of nitrogens with zero attached hydrogens (tertiary/aromatic N) is 1. The number of halogens is 1. The second-order valence-corrected chi connectivity index (χ2v) is 6.84. The van der Waals surface area contributed by atoms with Gasteiger partial charge in [0.1, 0.15) is 17.6 Å². The van der Waals surface area contributed by atoms with E-state index in [-0.39, 0.29) is 30.1 Å². The van der Waals surface area contributed by atoms with Crippen molar-refractivity contribution in [2.45, 2.75) is 32.5 Å². The average molecular weight is 511 g/mol. The molecule has 1 aliphatic rings. The van der Waals surface area contributed by atoms with E-state index in [2.05, 4.69) is 40.7 Å². The molecule has 2 aromatic carbocycles. The van der Waals surface area contributed by atoms with E-state index in [1.54, 1.807) is 14.2 Å². The van der Waals surface area contributed by atoms with Gasteiger partial charge in [-0.05, 0) is 36.2 Å². The molecule has 6 nitrogen and oxygen atoms in total. The van der Waals surface area contributed by atoms with Crippen LogP contribution in [0.3, 0.4) is 0 Å². The van der Waals surface area contributed by atoms with Crippen molar-refractivity contribution in [2.24, 2.45) is 4.99 Å². The first-order valence-corrected chi connectivity index (χ1v) is 9.59.